The monoisotopic (exact) mass is 264 g/mol. The molecule has 1 amide bonds. The average Bonchev–Trinajstić information content (AvgIpc) is 2.36. The SMILES string of the molecule is CC(C)COc1cccc(NC(=O)C(C)(C)CN)c1. The first kappa shape index (κ1) is 15.5. The molecule has 1 rings (SSSR count). The fourth-order valence-electron chi connectivity index (χ4n) is 1.32. The van der Waals surface area contributed by atoms with Crippen LogP contribution in [0.4, 0.5) is 5.69 Å². The van der Waals surface area contributed by atoms with Gasteiger partial charge >= 0.3 is 0 Å². The maximum atomic E-state index is 12.0. The van der Waals surface area contributed by atoms with Gasteiger partial charge in [0, 0.05) is 18.3 Å². The molecule has 0 radical (unpaired) electrons. The van der Waals surface area contributed by atoms with Crippen LogP contribution in [0.2, 0.25) is 0 Å². The Morgan fingerprint density at radius 3 is 2.68 bits per heavy atom. The summed E-state index contributed by atoms with van der Waals surface area (Å²) in [4.78, 5) is 12.0. The van der Waals surface area contributed by atoms with Crippen LogP contribution in [0.1, 0.15) is 27.7 Å². The number of ether oxygens (including phenoxy) is 1. The van der Waals surface area contributed by atoms with Crippen LogP contribution in [-0.2, 0) is 4.79 Å². The van der Waals surface area contributed by atoms with Gasteiger partial charge in [0.2, 0.25) is 5.91 Å². The highest BCUT2D eigenvalue weighted by Crippen LogP contribution is 2.21. The largest absolute Gasteiger partial charge is 0.493 e. The summed E-state index contributed by atoms with van der Waals surface area (Å²) in [6, 6.07) is 7.41. The summed E-state index contributed by atoms with van der Waals surface area (Å²) in [6.45, 7) is 8.79. The molecule has 106 valence electrons. The molecule has 0 aliphatic carbocycles. The van der Waals surface area contributed by atoms with Gasteiger partial charge in [-0.05, 0) is 31.9 Å². The zero-order valence-corrected chi connectivity index (χ0v) is 12.2. The van der Waals surface area contributed by atoms with Crippen LogP contribution >= 0.6 is 0 Å². The van der Waals surface area contributed by atoms with Crippen molar-refractivity contribution in [1.82, 2.24) is 0 Å². The highest BCUT2D eigenvalue weighted by molar-refractivity contribution is 5.95. The van der Waals surface area contributed by atoms with Crippen LogP contribution in [0.5, 0.6) is 5.75 Å². The molecule has 0 heterocycles. The minimum absolute atomic E-state index is 0.0870. The first-order chi connectivity index (χ1) is 8.85. The standard InChI is InChI=1S/C15H24N2O2/c1-11(2)9-19-13-7-5-6-12(8-13)17-14(18)15(3,4)10-16/h5-8,11H,9-10,16H2,1-4H3,(H,17,18). The van der Waals surface area contributed by atoms with Gasteiger partial charge in [-0.3, -0.25) is 4.79 Å². The van der Waals surface area contributed by atoms with Crippen molar-refractivity contribution in [2.75, 3.05) is 18.5 Å². The molecule has 4 heteroatoms. The van der Waals surface area contributed by atoms with Gasteiger partial charge in [-0.25, -0.2) is 0 Å². The molecule has 4 nitrogen and oxygen atoms in total. The van der Waals surface area contributed by atoms with Crippen LogP contribution in [0.25, 0.3) is 0 Å². The zero-order valence-electron chi connectivity index (χ0n) is 12.2. The summed E-state index contributed by atoms with van der Waals surface area (Å²) in [5.41, 5.74) is 5.74. The predicted octanol–water partition coefficient (Wildman–Crippen LogP) is 2.64. The van der Waals surface area contributed by atoms with Crippen molar-refractivity contribution in [2.24, 2.45) is 17.1 Å². The van der Waals surface area contributed by atoms with Gasteiger partial charge in [0.1, 0.15) is 5.75 Å². The zero-order chi connectivity index (χ0) is 14.5. The molecule has 0 aromatic heterocycles. The van der Waals surface area contributed by atoms with Crippen molar-refractivity contribution < 1.29 is 9.53 Å². The molecule has 0 atom stereocenters. The normalized spacial score (nSPS) is 11.5. The number of amides is 1. The second-order valence-corrected chi connectivity index (χ2v) is 5.77. The number of nitrogens with one attached hydrogen (secondary N) is 1. The van der Waals surface area contributed by atoms with Gasteiger partial charge < -0.3 is 15.8 Å². The Morgan fingerprint density at radius 1 is 1.42 bits per heavy atom. The summed E-state index contributed by atoms with van der Waals surface area (Å²) in [7, 11) is 0. The van der Waals surface area contributed by atoms with Crippen molar-refractivity contribution in [3.63, 3.8) is 0 Å². The van der Waals surface area contributed by atoms with E-state index in [4.69, 9.17) is 10.5 Å². The Kier molecular flexibility index (Phi) is 5.36. The number of anilines is 1. The number of nitrogens with two attached hydrogens (primary N) is 1. The van der Waals surface area contributed by atoms with Gasteiger partial charge in [0.25, 0.3) is 0 Å². The van der Waals surface area contributed by atoms with E-state index < -0.39 is 5.41 Å². The predicted molar refractivity (Wildman–Crippen MR) is 78.2 cm³/mol. The summed E-state index contributed by atoms with van der Waals surface area (Å²) in [5.74, 6) is 1.14. The van der Waals surface area contributed by atoms with E-state index in [9.17, 15) is 4.79 Å². The first-order valence-electron chi connectivity index (χ1n) is 6.59. The van der Waals surface area contributed by atoms with E-state index in [2.05, 4.69) is 19.2 Å². The topological polar surface area (TPSA) is 64.3 Å². The Balaban J connectivity index is 2.69. The molecular weight excluding hydrogens is 240 g/mol. The molecule has 3 N–H and O–H groups in total. The van der Waals surface area contributed by atoms with E-state index in [1.165, 1.54) is 0 Å². The maximum absolute atomic E-state index is 12.0. The Labute approximate surface area is 115 Å². The average molecular weight is 264 g/mol. The molecule has 0 aliphatic heterocycles. The Morgan fingerprint density at radius 2 is 2.11 bits per heavy atom. The van der Waals surface area contributed by atoms with Crippen molar-refractivity contribution in [1.29, 1.82) is 0 Å². The van der Waals surface area contributed by atoms with Crippen molar-refractivity contribution in [3.8, 4) is 5.75 Å². The van der Waals surface area contributed by atoms with Gasteiger partial charge in [-0.15, -0.1) is 0 Å². The Hall–Kier alpha value is -1.55. The Bertz CT molecular complexity index is 428. The highest BCUT2D eigenvalue weighted by atomic mass is 16.5. The third-order valence-corrected chi connectivity index (χ3v) is 2.80. The molecule has 0 unspecified atom stereocenters. The lowest BCUT2D eigenvalue weighted by molar-refractivity contribution is -0.123. The van der Waals surface area contributed by atoms with Crippen LogP contribution in [0.3, 0.4) is 0 Å². The van der Waals surface area contributed by atoms with E-state index >= 15 is 0 Å². The van der Waals surface area contributed by atoms with Crippen molar-refractivity contribution >= 4 is 11.6 Å². The smallest absolute Gasteiger partial charge is 0.231 e. The fraction of sp³-hybridized carbons (Fsp3) is 0.533. The number of carbonyl (C=O) groups is 1. The van der Waals surface area contributed by atoms with E-state index in [0.29, 0.717) is 19.1 Å². The molecule has 0 saturated heterocycles. The number of benzene rings is 1. The molecular formula is C15H24N2O2. The van der Waals surface area contributed by atoms with E-state index in [1.54, 1.807) is 0 Å². The fourth-order valence-corrected chi connectivity index (χ4v) is 1.32. The molecule has 0 saturated carbocycles. The van der Waals surface area contributed by atoms with Gasteiger partial charge in [0.15, 0.2) is 0 Å². The third-order valence-electron chi connectivity index (χ3n) is 2.80. The second-order valence-electron chi connectivity index (χ2n) is 5.77. The number of rotatable bonds is 6. The summed E-state index contributed by atoms with van der Waals surface area (Å²) < 4.78 is 5.63. The summed E-state index contributed by atoms with van der Waals surface area (Å²) in [5, 5.41) is 2.86. The van der Waals surface area contributed by atoms with Gasteiger partial charge in [0.05, 0.1) is 12.0 Å². The van der Waals surface area contributed by atoms with Gasteiger partial charge in [-0.2, -0.15) is 0 Å². The van der Waals surface area contributed by atoms with E-state index in [0.717, 1.165) is 11.4 Å². The quantitative estimate of drug-likeness (QED) is 0.830. The van der Waals surface area contributed by atoms with E-state index in [-0.39, 0.29) is 5.91 Å². The van der Waals surface area contributed by atoms with Crippen molar-refractivity contribution in [2.45, 2.75) is 27.7 Å². The summed E-state index contributed by atoms with van der Waals surface area (Å²) in [6.07, 6.45) is 0. The molecule has 1 aromatic carbocycles. The van der Waals surface area contributed by atoms with Crippen molar-refractivity contribution in [3.05, 3.63) is 24.3 Å². The molecule has 1 aromatic rings. The summed E-state index contributed by atoms with van der Waals surface area (Å²) >= 11 is 0. The minimum atomic E-state index is -0.575. The maximum Gasteiger partial charge on any atom is 0.231 e. The van der Waals surface area contributed by atoms with Crippen LogP contribution in [-0.4, -0.2) is 19.1 Å². The van der Waals surface area contributed by atoms with E-state index in [1.807, 2.05) is 38.1 Å². The lowest BCUT2D eigenvalue weighted by Gasteiger charge is -2.21. The molecule has 0 fully saturated rings. The van der Waals surface area contributed by atoms with Gasteiger partial charge in [-0.1, -0.05) is 19.9 Å². The van der Waals surface area contributed by atoms with Crippen LogP contribution < -0.4 is 15.8 Å². The minimum Gasteiger partial charge on any atom is -0.493 e. The molecule has 19 heavy (non-hydrogen) atoms. The molecule has 0 spiro atoms. The lowest BCUT2D eigenvalue weighted by Crippen LogP contribution is -2.37. The molecule has 0 aliphatic rings. The number of hydrogen-bond donors (Lipinski definition) is 2. The number of carbonyl (C=O) groups excluding carboxylic acids is 1. The molecule has 0 bridgehead atoms. The lowest BCUT2D eigenvalue weighted by atomic mass is 9.92. The third kappa shape index (κ3) is 4.91. The van der Waals surface area contributed by atoms with Crippen LogP contribution in [0.15, 0.2) is 24.3 Å². The first-order valence-corrected chi connectivity index (χ1v) is 6.59. The highest BCUT2D eigenvalue weighted by Gasteiger charge is 2.25. The second kappa shape index (κ2) is 6.57. The number of hydrogen-bond acceptors (Lipinski definition) is 3. The van der Waals surface area contributed by atoms with Crippen LogP contribution in [0, 0.1) is 11.3 Å².